The van der Waals surface area contributed by atoms with E-state index >= 15 is 0 Å². The molecule has 0 fully saturated rings. The summed E-state index contributed by atoms with van der Waals surface area (Å²) >= 11 is 0. The number of carbonyl (C=O) groups excluding carboxylic acids is 1. The zero-order valence-corrected chi connectivity index (χ0v) is 11.8. The molecule has 0 aliphatic heterocycles. The van der Waals surface area contributed by atoms with Gasteiger partial charge in [-0.05, 0) is 38.8 Å². The minimum absolute atomic E-state index is 0.114. The van der Waals surface area contributed by atoms with Crippen LogP contribution in [-0.4, -0.2) is 41.2 Å². The fraction of sp³-hybridized carbons (Fsp3) is 0.500. The van der Waals surface area contributed by atoms with E-state index in [0.29, 0.717) is 13.2 Å². The van der Waals surface area contributed by atoms with Crippen molar-refractivity contribution in [3.8, 4) is 0 Å². The monoisotopic (exact) mass is 280 g/mol. The Kier molecular flexibility index (Phi) is 6.66. The minimum Gasteiger partial charge on any atom is -0.477 e. The number of aromatic carboxylic acids is 1. The van der Waals surface area contributed by atoms with Crippen molar-refractivity contribution in [2.24, 2.45) is 0 Å². The van der Waals surface area contributed by atoms with Gasteiger partial charge in [0.25, 0.3) is 5.91 Å². The molecule has 0 spiro atoms. The lowest BCUT2D eigenvalue weighted by atomic mass is 10.2. The van der Waals surface area contributed by atoms with Gasteiger partial charge >= 0.3 is 5.97 Å². The van der Waals surface area contributed by atoms with Crippen molar-refractivity contribution in [1.82, 2.24) is 10.3 Å². The van der Waals surface area contributed by atoms with Crippen molar-refractivity contribution in [3.63, 3.8) is 0 Å². The van der Waals surface area contributed by atoms with Crippen molar-refractivity contribution in [1.29, 1.82) is 0 Å². The highest BCUT2D eigenvalue weighted by Crippen LogP contribution is 2.00. The van der Waals surface area contributed by atoms with Crippen LogP contribution < -0.4 is 5.32 Å². The number of rotatable bonds is 8. The molecule has 20 heavy (non-hydrogen) atoms. The van der Waals surface area contributed by atoms with Crippen LogP contribution >= 0.6 is 0 Å². The van der Waals surface area contributed by atoms with Crippen molar-refractivity contribution in [2.45, 2.75) is 32.8 Å². The summed E-state index contributed by atoms with van der Waals surface area (Å²) in [5.74, 6) is -1.51. The van der Waals surface area contributed by atoms with E-state index < -0.39 is 5.97 Å². The van der Waals surface area contributed by atoms with Crippen LogP contribution in [0.15, 0.2) is 18.2 Å². The Morgan fingerprint density at radius 3 is 2.65 bits per heavy atom. The molecule has 2 N–H and O–H groups in total. The average molecular weight is 280 g/mol. The summed E-state index contributed by atoms with van der Waals surface area (Å²) in [6.07, 6.45) is 1.88. The van der Waals surface area contributed by atoms with Gasteiger partial charge in [0.1, 0.15) is 11.4 Å². The van der Waals surface area contributed by atoms with Gasteiger partial charge in [-0.3, -0.25) is 4.79 Å². The van der Waals surface area contributed by atoms with Gasteiger partial charge in [0.15, 0.2) is 0 Å². The van der Waals surface area contributed by atoms with Gasteiger partial charge in [-0.2, -0.15) is 0 Å². The van der Waals surface area contributed by atoms with Gasteiger partial charge in [-0.25, -0.2) is 9.78 Å². The zero-order valence-electron chi connectivity index (χ0n) is 11.8. The number of carboxylic acid groups (broad SMARTS) is 1. The number of nitrogens with zero attached hydrogens (tertiary/aromatic N) is 1. The Hall–Kier alpha value is -1.95. The second-order valence-corrected chi connectivity index (χ2v) is 4.60. The number of unbranched alkanes of at least 4 members (excludes halogenated alkanes) is 1. The van der Waals surface area contributed by atoms with Crippen LogP contribution in [0.2, 0.25) is 0 Å². The lowest BCUT2D eigenvalue weighted by molar-refractivity contribution is 0.0690. The Morgan fingerprint density at radius 2 is 2.00 bits per heavy atom. The smallest absolute Gasteiger partial charge is 0.354 e. The first-order valence-corrected chi connectivity index (χ1v) is 6.61. The third kappa shape index (κ3) is 5.79. The normalized spacial score (nSPS) is 10.6. The van der Waals surface area contributed by atoms with Crippen molar-refractivity contribution >= 4 is 11.9 Å². The van der Waals surface area contributed by atoms with Crippen LogP contribution in [0.1, 0.15) is 47.7 Å². The molecule has 1 aromatic heterocycles. The predicted molar refractivity (Wildman–Crippen MR) is 73.9 cm³/mol. The minimum atomic E-state index is -1.15. The molecule has 0 radical (unpaired) electrons. The summed E-state index contributed by atoms with van der Waals surface area (Å²) in [5, 5.41) is 11.5. The Labute approximate surface area is 118 Å². The largest absolute Gasteiger partial charge is 0.477 e. The molecule has 0 aliphatic carbocycles. The second kappa shape index (κ2) is 8.27. The number of pyridine rings is 1. The molecule has 6 nitrogen and oxygen atoms in total. The van der Waals surface area contributed by atoms with Gasteiger partial charge in [0.2, 0.25) is 0 Å². The van der Waals surface area contributed by atoms with Crippen LogP contribution in [0.3, 0.4) is 0 Å². The topological polar surface area (TPSA) is 88.5 Å². The molecule has 0 aliphatic rings. The number of aromatic nitrogens is 1. The molecule has 0 atom stereocenters. The average Bonchev–Trinajstić information content (AvgIpc) is 2.42. The molecule has 0 saturated carbocycles. The lowest BCUT2D eigenvalue weighted by Crippen LogP contribution is -2.26. The summed E-state index contributed by atoms with van der Waals surface area (Å²) in [6.45, 7) is 5.13. The van der Waals surface area contributed by atoms with E-state index in [1.165, 1.54) is 18.2 Å². The third-order valence-electron chi connectivity index (χ3n) is 2.51. The van der Waals surface area contributed by atoms with Crippen LogP contribution in [-0.2, 0) is 4.74 Å². The fourth-order valence-corrected chi connectivity index (χ4v) is 1.52. The summed E-state index contributed by atoms with van der Waals surface area (Å²) in [4.78, 5) is 26.3. The second-order valence-electron chi connectivity index (χ2n) is 4.60. The van der Waals surface area contributed by atoms with Crippen LogP contribution in [0.4, 0.5) is 0 Å². The Balaban J connectivity index is 2.32. The Bertz CT molecular complexity index is 460. The molecule has 0 aromatic carbocycles. The van der Waals surface area contributed by atoms with Crippen LogP contribution in [0.5, 0.6) is 0 Å². The number of carboxylic acids is 1. The third-order valence-corrected chi connectivity index (χ3v) is 2.51. The highest BCUT2D eigenvalue weighted by Gasteiger charge is 2.10. The number of nitrogens with one attached hydrogen (secondary N) is 1. The molecule has 1 amide bonds. The van der Waals surface area contributed by atoms with Gasteiger partial charge < -0.3 is 15.2 Å². The number of amides is 1. The summed E-state index contributed by atoms with van der Waals surface area (Å²) in [7, 11) is 0. The van der Waals surface area contributed by atoms with E-state index in [-0.39, 0.29) is 23.4 Å². The number of carbonyl (C=O) groups is 2. The highest BCUT2D eigenvalue weighted by molar-refractivity contribution is 5.94. The highest BCUT2D eigenvalue weighted by atomic mass is 16.5. The first-order valence-electron chi connectivity index (χ1n) is 6.61. The maximum atomic E-state index is 11.8. The molecule has 110 valence electrons. The van der Waals surface area contributed by atoms with E-state index in [9.17, 15) is 9.59 Å². The number of ether oxygens (including phenoxy) is 1. The maximum absolute atomic E-state index is 11.8. The molecule has 6 heteroatoms. The number of hydrogen-bond acceptors (Lipinski definition) is 4. The first-order chi connectivity index (χ1) is 9.50. The van der Waals surface area contributed by atoms with Crippen molar-refractivity contribution < 1.29 is 19.4 Å². The SMILES string of the molecule is CC(C)OCCCCNC(=O)c1cccc(C(=O)O)n1. The maximum Gasteiger partial charge on any atom is 0.354 e. The van der Waals surface area contributed by atoms with Gasteiger partial charge in [0.05, 0.1) is 6.10 Å². The van der Waals surface area contributed by atoms with E-state index in [4.69, 9.17) is 9.84 Å². The van der Waals surface area contributed by atoms with Crippen molar-refractivity contribution in [2.75, 3.05) is 13.2 Å². The van der Waals surface area contributed by atoms with Gasteiger partial charge in [0, 0.05) is 13.2 Å². The molecule has 0 saturated heterocycles. The summed E-state index contributed by atoms with van der Waals surface area (Å²) in [5.41, 5.74) is -0.0219. The molecule has 0 bridgehead atoms. The fourth-order valence-electron chi connectivity index (χ4n) is 1.52. The zero-order chi connectivity index (χ0) is 15.0. The van der Waals surface area contributed by atoms with Crippen LogP contribution in [0.25, 0.3) is 0 Å². The molecule has 0 unspecified atom stereocenters. The molecular formula is C14H20N2O4. The van der Waals surface area contributed by atoms with E-state index in [0.717, 1.165) is 12.8 Å². The van der Waals surface area contributed by atoms with Gasteiger partial charge in [-0.15, -0.1) is 0 Å². The first kappa shape index (κ1) is 16.1. The van der Waals surface area contributed by atoms with Crippen molar-refractivity contribution in [3.05, 3.63) is 29.6 Å². The Morgan fingerprint density at radius 1 is 1.30 bits per heavy atom. The quantitative estimate of drug-likeness (QED) is 0.708. The lowest BCUT2D eigenvalue weighted by Gasteiger charge is -2.08. The molecular weight excluding hydrogens is 260 g/mol. The molecule has 1 rings (SSSR count). The standard InChI is InChI=1S/C14H20N2O4/c1-10(2)20-9-4-3-8-15-13(17)11-6-5-7-12(16-11)14(18)19/h5-7,10H,3-4,8-9H2,1-2H3,(H,15,17)(H,18,19). The summed E-state index contributed by atoms with van der Waals surface area (Å²) < 4.78 is 5.39. The molecule has 1 aromatic rings. The molecule has 1 heterocycles. The van der Waals surface area contributed by atoms with Crippen LogP contribution in [0, 0.1) is 0 Å². The predicted octanol–water partition coefficient (Wildman–Crippen LogP) is 1.71. The number of hydrogen-bond donors (Lipinski definition) is 2. The van der Waals surface area contributed by atoms with E-state index in [1.807, 2.05) is 13.8 Å². The van der Waals surface area contributed by atoms with Gasteiger partial charge in [-0.1, -0.05) is 6.07 Å². The van der Waals surface area contributed by atoms with E-state index in [1.54, 1.807) is 0 Å². The van der Waals surface area contributed by atoms with E-state index in [2.05, 4.69) is 10.3 Å². The summed E-state index contributed by atoms with van der Waals surface area (Å²) in [6, 6.07) is 4.34.